The van der Waals surface area contributed by atoms with E-state index in [0.717, 1.165) is 5.56 Å². The van der Waals surface area contributed by atoms with Crippen LogP contribution >= 0.6 is 0 Å². The summed E-state index contributed by atoms with van der Waals surface area (Å²) in [5, 5.41) is 8.84. The van der Waals surface area contributed by atoms with Crippen LogP contribution in [0, 0.1) is 18.3 Å². The zero-order valence-electron chi connectivity index (χ0n) is 11.8. The minimum atomic E-state index is -3.45. The lowest BCUT2D eigenvalue weighted by Gasteiger charge is -2.09. The maximum atomic E-state index is 12.5. The highest BCUT2D eigenvalue weighted by Gasteiger charge is 2.17. The number of hydrogen-bond donors (Lipinski definition) is 0. The van der Waals surface area contributed by atoms with Crippen LogP contribution in [0.15, 0.2) is 47.4 Å². The van der Waals surface area contributed by atoms with Crippen LogP contribution in [0.1, 0.15) is 16.7 Å². The number of nitriles is 1. The molecule has 5 heteroatoms. The van der Waals surface area contributed by atoms with Crippen molar-refractivity contribution in [1.29, 1.82) is 5.26 Å². The van der Waals surface area contributed by atoms with E-state index >= 15 is 0 Å². The zero-order valence-corrected chi connectivity index (χ0v) is 12.6. The fraction of sp³-hybridized carbons (Fsp3) is 0.188. The van der Waals surface area contributed by atoms with E-state index in [4.69, 9.17) is 10.00 Å². The molecule has 2 aromatic rings. The van der Waals surface area contributed by atoms with Crippen molar-refractivity contribution in [1.82, 2.24) is 0 Å². The topological polar surface area (TPSA) is 67.2 Å². The Bertz CT molecular complexity index is 805. The summed E-state index contributed by atoms with van der Waals surface area (Å²) in [6.07, 6.45) is 0. The second-order valence-corrected chi connectivity index (χ2v) is 6.68. The van der Waals surface area contributed by atoms with Crippen molar-refractivity contribution in [3.63, 3.8) is 0 Å². The lowest BCUT2D eigenvalue weighted by Crippen LogP contribution is -2.06. The van der Waals surface area contributed by atoms with Crippen molar-refractivity contribution in [3.8, 4) is 11.8 Å². The molecule has 0 atom stereocenters. The van der Waals surface area contributed by atoms with Crippen molar-refractivity contribution >= 4 is 9.84 Å². The van der Waals surface area contributed by atoms with Gasteiger partial charge in [-0.25, -0.2) is 8.42 Å². The van der Waals surface area contributed by atoms with E-state index in [9.17, 15) is 8.42 Å². The van der Waals surface area contributed by atoms with E-state index in [1.54, 1.807) is 43.3 Å². The Labute approximate surface area is 124 Å². The van der Waals surface area contributed by atoms with E-state index in [1.165, 1.54) is 13.2 Å². The SMILES string of the molecule is COc1cccc(S(=O)(=O)Cc2ccc(C#N)cc2C)c1. The molecule has 0 bridgehead atoms. The van der Waals surface area contributed by atoms with E-state index in [1.807, 2.05) is 6.07 Å². The van der Waals surface area contributed by atoms with Gasteiger partial charge in [0.1, 0.15) is 5.75 Å². The smallest absolute Gasteiger partial charge is 0.182 e. The highest BCUT2D eigenvalue weighted by Crippen LogP contribution is 2.22. The van der Waals surface area contributed by atoms with E-state index in [0.29, 0.717) is 16.9 Å². The summed E-state index contributed by atoms with van der Waals surface area (Å²) in [4.78, 5) is 0.227. The molecule has 0 unspecified atom stereocenters. The summed E-state index contributed by atoms with van der Waals surface area (Å²) < 4.78 is 30.0. The van der Waals surface area contributed by atoms with Gasteiger partial charge in [0.05, 0.1) is 29.4 Å². The summed E-state index contributed by atoms with van der Waals surface area (Å²) in [6, 6.07) is 13.5. The standard InChI is InChI=1S/C16H15NO3S/c1-12-8-13(10-17)6-7-14(12)11-21(18,19)16-5-3-4-15(9-16)20-2/h3-9H,11H2,1-2H3. The first kappa shape index (κ1) is 15.1. The van der Waals surface area contributed by atoms with Crippen LogP contribution in [-0.4, -0.2) is 15.5 Å². The minimum absolute atomic E-state index is 0.0995. The van der Waals surface area contributed by atoms with Gasteiger partial charge in [0.25, 0.3) is 0 Å². The molecule has 0 heterocycles. The third kappa shape index (κ3) is 3.41. The highest BCUT2D eigenvalue weighted by atomic mass is 32.2. The Morgan fingerprint density at radius 1 is 1.19 bits per heavy atom. The molecular weight excluding hydrogens is 286 g/mol. The zero-order chi connectivity index (χ0) is 15.5. The van der Waals surface area contributed by atoms with Gasteiger partial charge in [-0.2, -0.15) is 5.26 Å². The molecule has 0 saturated carbocycles. The van der Waals surface area contributed by atoms with Crippen LogP contribution in [-0.2, 0) is 15.6 Å². The van der Waals surface area contributed by atoms with E-state index < -0.39 is 9.84 Å². The summed E-state index contributed by atoms with van der Waals surface area (Å²) in [5.74, 6) is 0.408. The second kappa shape index (κ2) is 5.98. The second-order valence-electron chi connectivity index (χ2n) is 4.69. The predicted molar refractivity (Wildman–Crippen MR) is 79.8 cm³/mol. The molecule has 4 nitrogen and oxygen atoms in total. The van der Waals surface area contributed by atoms with E-state index in [2.05, 4.69) is 0 Å². The number of methoxy groups -OCH3 is 1. The minimum Gasteiger partial charge on any atom is -0.497 e. The molecule has 0 aliphatic heterocycles. The lowest BCUT2D eigenvalue weighted by molar-refractivity contribution is 0.413. The summed E-state index contributed by atoms with van der Waals surface area (Å²) in [5.41, 5.74) is 2.01. The van der Waals surface area contributed by atoms with Crippen LogP contribution in [0.4, 0.5) is 0 Å². The normalized spacial score (nSPS) is 10.9. The third-order valence-electron chi connectivity index (χ3n) is 3.22. The van der Waals surface area contributed by atoms with Crippen LogP contribution in [0.25, 0.3) is 0 Å². The Balaban J connectivity index is 2.35. The molecule has 0 aliphatic carbocycles. The lowest BCUT2D eigenvalue weighted by atomic mass is 10.1. The van der Waals surface area contributed by atoms with Gasteiger partial charge in [-0.1, -0.05) is 12.1 Å². The monoisotopic (exact) mass is 301 g/mol. The fourth-order valence-corrected chi connectivity index (χ4v) is 3.49. The molecule has 0 radical (unpaired) electrons. The van der Waals surface area contributed by atoms with Gasteiger partial charge in [0, 0.05) is 0 Å². The summed E-state index contributed by atoms with van der Waals surface area (Å²) in [6.45, 7) is 1.80. The quantitative estimate of drug-likeness (QED) is 0.871. The van der Waals surface area contributed by atoms with Crippen molar-refractivity contribution in [2.75, 3.05) is 7.11 Å². The number of hydrogen-bond acceptors (Lipinski definition) is 4. The van der Waals surface area contributed by atoms with Crippen LogP contribution in [0.3, 0.4) is 0 Å². The first-order valence-electron chi connectivity index (χ1n) is 6.33. The van der Waals surface area contributed by atoms with E-state index in [-0.39, 0.29) is 10.6 Å². The molecule has 108 valence electrons. The van der Waals surface area contributed by atoms with Crippen LogP contribution in [0.5, 0.6) is 5.75 Å². The number of nitrogens with zero attached hydrogens (tertiary/aromatic N) is 1. The maximum absolute atomic E-state index is 12.5. The number of sulfone groups is 1. The molecule has 0 amide bonds. The van der Waals surface area contributed by atoms with Crippen LogP contribution in [0.2, 0.25) is 0 Å². The molecule has 0 spiro atoms. The fourth-order valence-electron chi connectivity index (χ4n) is 2.01. The van der Waals surface area contributed by atoms with Crippen molar-refractivity contribution in [2.45, 2.75) is 17.6 Å². The van der Waals surface area contributed by atoms with Crippen molar-refractivity contribution in [3.05, 3.63) is 59.2 Å². The summed E-state index contributed by atoms with van der Waals surface area (Å²) in [7, 11) is -1.95. The number of benzene rings is 2. The van der Waals surface area contributed by atoms with Crippen LogP contribution < -0.4 is 4.74 Å². The van der Waals surface area contributed by atoms with Crippen molar-refractivity contribution in [2.24, 2.45) is 0 Å². The number of aryl methyl sites for hydroxylation is 1. The molecule has 0 aliphatic rings. The Hall–Kier alpha value is -2.32. The third-order valence-corrected chi connectivity index (χ3v) is 4.88. The van der Waals surface area contributed by atoms with Crippen molar-refractivity contribution < 1.29 is 13.2 Å². The molecule has 2 aromatic carbocycles. The Morgan fingerprint density at radius 3 is 2.57 bits per heavy atom. The highest BCUT2D eigenvalue weighted by molar-refractivity contribution is 7.90. The van der Waals surface area contributed by atoms with Gasteiger partial charge in [-0.05, 0) is 48.4 Å². The average Bonchev–Trinajstić information content (AvgIpc) is 2.49. The van der Waals surface area contributed by atoms with Gasteiger partial charge in [-0.15, -0.1) is 0 Å². The molecule has 2 rings (SSSR count). The summed E-state index contributed by atoms with van der Waals surface area (Å²) >= 11 is 0. The first-order chi connectivity index (χ1) is 9.96. The van der Waals surface area contributed by atoms with Gasteiger partial charge in [-0.3, -0.25) is 0 Å². The number of ether oxygens (including phenoxy) is 1. The average molecular weight is 301 g/mol. The number of rotatable bonds is 4. The maximum Gasteiger partial charge on any atom is 0.182 e. The van der Waals surface area contributed by atoms with Gasteiger partial charge >= 0.3 is 0 Å². The molecule has 0 saturated heterocycles. The first-order valence-corrected chi connectivity index (χ1v) is 7.98. The van der Waals surface area contributed by atoms with Gasteiger partial charge < -0.3 is 4.74 Å². The Kier molecular flexibility index (Phi) is 4.29. The molecule has 21 heavy (non-hydrogen) atoms. The van der Waals surface area contributed by atoms with Gasteiger partial charge in [0.2, 0.25) is 0 Å². The predicted octanol–water partition coefficient (Wildman–Crippen LogP) is 2.85. The molecule has 0 fully saturated rings. The molecule has 0 N–H and O–H groups in total. The van der Waals surface area contributed by atoms with Gasteiger partial charge in [0.15, 0.2) is 9.84 Å². The Morgan fingerprint density at radius 2 is 1.95 bits per heavy atom. The molecule has 0 aromatic heterocycles. The largest absolute Gasteiger partial charge is 0.497 e. The molecular formula is C16H15NO3S.